The largest absolute Gasteiger partial charge is 0.507 e. The summed E-state index contributed by atoms with van der Waals surface area (Å²) in [5.41, 5.74) is 2.18. The molecule has 5 heteroatoms. The van der Waals surface area contributed by atoms with E-state index >= 15 is 0 Å². The molecule has 0 saturated carbocycles. The topological polar surface area (TPSA) is 61.7 Å². The Morgan fingerprint density at radius 2 is 2.05 bits per heavy atom. The van der Waals surface area contributed by atoms with Crippen molar-refractivity contribution >= 4 is 33.4 Å². The molecule has 20 heavy (non-hydrogen) atoms. The Bertz CT molecular complexity index is 726. The molecule has 0 radical (unpaired) electrons. The van der Waals surface area contributed by atoms with E-state index in [1.165, 1.54) is 6.07 Å². The normalized spacial score (nSPS) is 12.8. The molecule has 1 aliphatic rings. The van der Waals surface area contributed by atoms with Gasteiger partial charge in [-0.3, -0.25) is 4.79 Å². The van der Waals surface area contributed by atoms with Gasteiger partial charge in [-0.05, 0) is 29.8 Å². The molecule has 0 fully saturated rings. The van der Waals surface area contributed by atoms with E-state index in [4.69, 9.17) is 0 Å². The van der Waals surface area contributed by atoms with E-state index in [1.54, 1.807) is 12.1 Å². The molecular weight excluding hydrogens is 320 g/mol. The summed E-state index contributed by atoms with van der Waals surface area (Å²) in [6, 6.07) is 12.5. The summed E-state index contributed by atoms with van der Waals surface area (Å²) in [4.78, 5) is 16.5. The second kappa shape index (κ2) is 5.09. The first-order valence-electron chi connectivity index (χ1n) is 6.09. The minimum atomic E-state index is -0.365. The van der Waals surface area contributed by atoms with E-state index in [-0.39, 0.29) is 17.2 Å². The number of phenols is 1. The highest BCUT2D eigenvalue weighted by atomic mass is 79.9. The Morgan fingerprint density at radius 1 is 1.25 bits per heavy atom. The Morgan fingerprint density at radius 3 is 2.85 bits per heavy atom. The Labute approximate surface area is 124 Å². The standard InChI is InChI=1S/C15H11BrN2O2/c16-10-5-6-13(19)11(8-10)15(20)18-14-7-9-3-1-2-4-12(9)17-14/h1-6,8,19H,7H2,(H,17,18,20). The van der Waals surface area contributed by atoms with Gasteiger partial charge in [-0.25, -0.2) is 4.99 Å². The fraction of sp³-hybridized carbons (Fsp3) is 0.0667. The van der Waals surface area contributed by atoms with Gasteiger partial charge in [0, 0.05) is 10.9 Å². The molecule has 3 rings (SSSR count). The third kappa shape index (κ3) is 2.44. The molecular formula is C15H11BrN2O2. The highest BCUT2D eigenvalue weighted by Gasteiger charge is 2.18. The van der Waals surface area contributed by atoms with Crippen LogP contribution in [0.1, 0.15) is 15.9 Å². The van der Waals surface area contributed by atoms with Gasteiger partial charge in [-0.15, -0.1) is 0 Å². The number of amidine groups is 1. The summed E-state index contributed by atoms with van der Waals surface area (Å²) >= 11 is 3.28. The molecule has 0 spiro atoms. The molecule has 0 aromatic heterocycles. The molecule has 2 aromatic carbocycles. The van der Waals surface area contributed by atoms with Crippen LogP contribution < -0.4 is 5.32 Å². The van der Waals surface area contributed by atoms with Crippen molar-refractivity contribution in [3.8, 4) is 5.75 Å². The zero-order valence-electron chi connectivity index (χ0n) is 10.4. The first-order chi connectivity index (χ1) is 9.63. The highest BCUT2D eigenvalue weighted by molar-refractivity contribution is 9.10. The van der Waals surface area contributed by atoms with Crippen LogP contribution in [0.15, 0.2) is 51.9 Å². The minimum Gasteiger partial charge on any atom is -0.507 e. The number of aromatic hydroxyl groups is 1. The molecule has 4 nitrogen and oxygen atoms in total. The predicted octanol–water partition coefficient (Wildman–Crippen LogP) is 3.17. The lowest BCUT2D eigenvalue weighted by atomic mass is 10.1. The molecule has 2 aromatic rings. The van der Waals surface area contributed by atoms with Crippen LogP contribution >= 0.6 is 15.9 Å². The molecule has 0 saturated heterocycles. The van der Waals surface area contributed by atoms with E-state index in [1.807, 2.05) is 24.3 Å². The van der Waals surface area contributed by atoms with Crippen molar-refractivity contribution in [2.24, 2.45) is 4.99 Å². The maximum atomic E-state index is 12.2. The van der Waals surface area contributed by atoms with Crippen LogP contribution in [0.25, 0.3) is 0 Å². The van der Waals surface area contributed by atoms with Crippen LogP contribution in [0.5, 0.6) is 5.75 Å². The average Bonchev–Trinajstić information content (AvgIpc) is 2.83. The molecule has 0 unspecified atom stereocenters. The zero-order valence-corrected chi connectivity index (χ0v) is 12.0. The predicted molar refractivity (Wildman–Crippen MR) is 80.5 cm³/mol. The van der Waals surface area contributed by atoms with Gasteiger partial charge in [0.05, 0.1) is 11.3 Å². The third-order valence-electron chi connectivity index (χ3n) is 3.07. The summed E-state index contributed by atoms with van der Waals surface area (Å²) in [7, 11) is 0. The number of hydrogen-bond donors (Lipinski definition) is 2. The third-order valence-corrected chi connectivity index (χ3v) is 3.56. The number of hydrogen-bond acceptors (Lipinski definition) is 3. The van der Waals surface area contributed by atoms with Gasteiger partial charge in [0.1, 0.15) is 11.6 Å². The number of benzene rings is 2. The average molecular weight is 331 g/mol. The highest BCUT2D eigenvalue weighted by Crippen LogP contribution is 2.26. The number of nitrogens with one attached hydrogen (secondary N) is 1. The van der Waals surface area contributed by atoms with Gasteiger partial charge in [-0.1, -0.05) is 34.1 Å². The van der Waals surface area contributed by atoms with Crippen molar-refractivity contribution < 1.29 is 9.90 Å². The lowest BCUT2D eigenvalue weighted by molar-refractivity contribution is 0.0974. The van der Waals surface area contributed by atoms with E-state index in [9.17, 15) is 9.90 Å². The number of para-hydroxylation sites is 1. The SMILES string of the molecule is O=C(NC1=Nc2ccccc2C1)c1cc(Br)ccc1O. The first-order valence-corrected chi connectivity index (χ1v) is 6.88. The van der Waals surface area contributed by atoms with Crippen LogP contribution in [0.2, 0.25) is 0 Å². The van der Waals surface area contributed by atoms with Crippen molar-refractivity contribution in [2.75, 3.05) is 0 Å². The van der Waals surface area contributed by atoms with Crippen LogP contribution in [0.3, 0.4) is 0 Å². The van der Waals surface area contributed by atoms with Gasteiger partial charge in [0.25, 0.3) is 5.91 Å². The Balaban J connectivity index is 1.80. The quantitative estimate of drug-likeness (QED) is 0.843. The fourth-order valence-electron chi connectivity index (χ4n) is 2.10. The molecule has 0 aliphatic carbocycles. The molecule has 0 bridgehead atoms. The molecule has 2 N–H and O–H groups in total. The van der Waals surface area contributed by atoms with E-state index in [2.05, 4.69) is 26.2 Å². The number of rotatable bonds is 1. The molecule has 1 amide bonds. The first kappa shape index (κ1) is 12.9. The Hall–Kier alpha value is -2.14. The van der Waals surface area contributed by atoms with Gasteiger partial charge < -0.3 is 10.4 Å². The fourth-order valence-corrected chi connectivity index (χ4v) is 2.46. The van der Waals surface area contributed by atoms with Crippen molar-refractivity contribution in [3.05, 3.63) is 58.1 Å². The maximum Gasteiger partial charge on any atom is 0.260 e. The van der Waals surface area contributed by atoms with Gasteiger partial charge in [0.15, 0.2) is 0 Å². The summed E-state index contributed by atoms with van der Waals surface area (Å²) in [6.45, 7) is 0. The monoisotopic (exact) mass is 330 g/mol. The van der Waals surface area contributed by atoms with Crippen LogP contribution in [0, 0.1) is 0 Å². The lowest BCUT2D eigenvalue weighted by Gasteiger charge is -2.06. The minimum absolute atomic E-state index is 0.0539. The number of amides is 1. The van der Waals surface area contributed by atoms with Gasteiger partial charge in [0.2, 0.25) is 0 Å². The number of carbonyl (C=O) groups excluding carboxylic acids is 1. The van der Waals surface area contributed by atoms with Crippen LogP contribution in [-0.4, -0.2) is 16.8 Å². The molecule has 1 heterocycles. The van der Waals surface area contributed by atoms with Crippen molar-refractivity contribution in [3.63, 3.8) is 0 Å². The van der Waals surface area contributed by atoms with Gasteiger partial charge in [-0.2, -0.15) is 0 Å². The summed E-state index contributed by atoms with van der Waals surface area (Å²) in [5, 5.41) is 12.5. The van der Waals surface area contributed by atoms with E-state index < -0.39 is 0 Å². The molecule has 100 valence electrons. The second-order valence-electron chi connectivity index (χ2n) is 4.48. The van der Waals surface area contributed by atoms with Crippen molar-refractivity contribution in [2.45, 2.75) is 6.42 Å². The number of halogens is 1. The van der Waals surface area contributed by atoms with Gasteiger partial charge >= 0.3 is 0 Å². The molecule has 0 atom stereocenters. The lowest BCUT2D eigenvalue weighted by Crippen LogP contribution is -2.30. The summed E-state index contributed by atoms with van der Waals surface area (Å²) in [5.74, 6) is 0.174. The zero-order chi connectivity index (χ0) is 14.1. The molecule has 1 aliphatic heterocycles. The summed E-state index contributed by atoms with van der Waals surface area (Å²) < 4.78 is 0.733. The Kier molecular flexibility index (Phi) is 3.28. The van der Waals surface area contributed by atoms with Crippen molar-refractivity contribution in [1.29, 1.82) is 0 Å². The number of carbonyl (C=O) groups is 1. The number of phenolic OH excluding ortho intramolecular Hbond substituents is 1. The number of fused-ring (bicyclic) bond motifs is 1. The number of aliphatic imine (C=N–C) groups is 1. The second-order valence-corrected chi connectivity index (χ2v) is 5.40. The number of nitrogens with zero attached hydrogens (tertiary/aromatic N) is 1. The van der Waals surface area contributed by atoms with E-state index in [0.717, 1.165) is 15.7 Å². The van der Waals surface area contributed by atoms with Crippen LogP contribution in [-0.2, 0) is 6.42 Å². The maximum absolute atomic E-state index is 12.2. The smallest absolute Gasteiger partial charge is 0.260 e. The van der Waals surface area contributed by atoms with Crippen molar-refractivity contribution in [1.82, 2.24) is 5.32 Å². The van der Waals surface area contributed by atoms with Crippen LogP contribution in [0.4, 0.5) is 5.69 Å². The van der Waals surface area contributed by atoms with E-state index in [0.29, 0.717) is 12.3 Å². The summed E-state index contributed by atoms with van der Waals surface area (Å²) in [6.07, 6.45) is 0.594.